The topological polar surface area (TPSA) is 53.9 Å². The molecular formula is C24H25Cl2F4N3O2S. The molecule has 0 aliphatic carbocycles. The van der Waals surface area contributed by atoms with E-state index >= 15 is 0 Å². The average Bonchev–Trinajstić information content (AvgIpc) is 3.45. The highest BCUT2D eigenvalue weighted by Crippen LogP contribution is 2.50. The summed E-state index contributed by atoms with van der Waals surface area (Å²) in [5.41, 5.74) is -1.68. The number of amidine groups is 1. The Labute approximate surface area is 220 Å². The van der Waals surface area contributed by atoms with Crippen molar-refractivity contribution >= 4 is 46.3 Å². The van der Waals surface area contributed by atoms with Crippen molar-refractivity contribution in [1.29, 1.82) is 0 Å². The lowest BCUT2D eigenvalue weighted by Crippen LogP contribution is -2.44. The molecule has 1 N–H and O–H groups in total. The summed E-state index contributed by atoms with van der Waals surface area (Å²) in [6.45, 7) is 10.5. The largest absolute Gasteiger partial charge is 0.435 e. The van der Waals surface area contributed by atoms with Crippen molar-refractivity contribution in [3.63, 3.8) is 0 Å². The van der Waals surface area contributed by atoms with Crippen LogP contribution < -0.4 is 5.32 Å². The van der Waals surface area contributed by atoms with Crippen molar-refractivity contribution in [3.05, 3.63) is 54.4 Å². The van der Waals surface area contributed by atoms with Gasteiger partial charge in [-0.1, -0.05) is 49.1 Å². The summed E-state index contributed by atoms with van der Waals surface area (Å²) in [4.78, 5) is 21.1. The fourth-order valence-electron chi connectivity index (χ4n) is 4.09. The van der Waals surface area contributed by atoms with Gasteiger partial charge >= 0.3 is 6.18 Å². The number of carbonyl (C=O) groups excluding carboxylic acids is 1. The van der Waals surface area contributed by atoms with E-state index < -0.39 is 39.6 Å². The molecule has 196 valence electrons. The number of alkyl halides is 3. The molecule has 0 saturated heterocycles. The maximum absolute atomic E-state index is 14.3. The number of hydrogen-bond acceptors (Lipinski definition) is 5. The molecule has 2 aliphatic heterocycles. The minimum Gasteiger partial charge on any atom is -0.372 e. The van der Waals surface area contributed by atoms with Crippen LogP contribution in [0.2, 0.25) is 10.0 Å². The van der Waals surface area contributed by atoms with Gasteiger partial charge in [0.05, 0.1) is 27.9 Å². The molecule has 2 aliphatic rings. The van der Waals surface area contributed by atoms with Gasteiger partial charge in [0.2, 0.25) is 0 Å². The molecule has 0 fully saturated rings. The highest BCUT2D eigenvalue weighted by molar-refractivity contribution is 7.14. The molecule has 2 atom stereocenters. The number of rotatable bonds is 3. The van der Waals surface area contributed by atoms with Crippen molar-refractivity contribution in [1.82, 2.24) is 10.2 Å². The van der Waals surface area contributed by atoms with Crippen LogP contribution >= 0.6 is 34.5 Å². The van der Waals surface area contributed by atoms with Crippen LogP contribution in [0.4, 0.5) is 17.6 Å². The van der Waals surface area contributed by atoms with Gasteiger partial charge in [0.25, 0.3) is 11.5 Å². The summed E-state index contributed by atoms with van der Waals surface area (Å²) in [7, 11) is 0. The van der Waals surface area contributed by atoms with E-state index in [4.69, 9.17) is 28.0 Å². The zero-order chi connectivity index (χ0) is 26.8. The minimum absolute atomic E-state index is 0.0493. The number of hydrogen-bond donors (Lipinski definition) is 1. The van der Waals surface area contributed by atoms with E-state index in [0.29, 0.717) is 18.0 Å². The van der Waals surface area contributed by atoms with Crippen molar-refractivity contribution in [2.75, 3.05) is 0 Å². The molecule has 0 saturated carbocycles. The van der Waals surface area contributed by atoms with Crippen LogP contribution in [0.5, 0.6) is 0 Å². The number of fused-ring (bicyclic) bond motifs is 1. The van der Waals surface area contributed by atoms with E-state index in [1.165, 1.54) is 11.3 Å². The van der Waals surface area contributed by atoms with Crippen LogP contribution in [0.3, 0.4) is 0 Å². The van der Waals surface area contributed by atoms with Gasteiger partial charge in [0.1, 0.15) is 5.84 Å². The molecule has 1 aromatic carbocycles. The first-order chi connectivity index (χ1) is 16.5. The monoisotopic (exact) mass is 565 g/mol. The molecular weight excluding hydrogens is 541 g/mol. The second-order valence-electron chi connectivity index (χ2n) is 10.2. The van der Waals surface area contributed by atoms with Crippen LogP contribution in [-0.4, -0.2) is 28.9 Å². The summed E-state index contributed by atoms with van der Waals surface area (Å²) in [6.07, 6.45) is -5.50. The molecule has 0 spiro atoms. The summed E-state index contributed by atoms with van der Waals surface area (Å²) in [6, 6.07) is 1.68. The Morgan fingerprint density at radius 1 is 1.22 bits per heavy atom. The second-order valence-corrected chi connectivity index (χ2v) is 12.1. The molecule has 36 heavy (non-hydrogen) atoms. The Kier molecular flexibility index (Phi) is 6.80. The highest BCUT2D eigenvalue weighted by Gasteiger charge is 2.63. The lowest BCUT2D eigenvalue weighted by Gasteiger charge is -2.30. The van der Waals surface area contributed by atoms with Gasteiger partial charge < -0.3 is 15.1 Å². The zero-order valence-electron chi connectivity index (χ0n) is 20.2. The number of oxime groups is 1. The predicted octanol–water partition coefficient (Wildman–Crippen LogP) is 7.17. The van der Waals surface area contributed by atoms with E-state index in [-0.39, 0.29) is 23.2 Å². The van der Waals surface area contributed by atoms with Crippen molar-refractivity contribution < 1.29 is 27.2 Å². The quantitative estimate of drug-likeness (QED) is 0.317. The van der Waals surface area contributed by atoms with E-state index in [9.17, 15) is 22.4 Å². The molecule has 4 rings (SSSR count). The molecule has 12 heteroatoms. The first-order valence-corrected chi connectivity index (χ1v) is 12.8. The van der Waals surface area contributed by atoms with Gasteiger partial charge in [-0.05, 0) is 42.5 Å². The van der Waals surface area contributed by atoms with Gasteiger partial charge in [-0.3, -0.25) is 4.79 Å². The summed E-state index contributed by atoms with van der Waals surface area (Å²) < 4.78 is 56.7. The highest BCUT2D eigenvalue weighted by atomic mass is 35.5. The van der Waals surface area contributed by atoms with Gasteiger partial charge in [-0.2, -0.15) is 13.2 Å². The normalized spacial score (nSPS) is 20.8. The lowest BCUT2D eigenvalue weighted by molar-refractivity contribution is -0.275. The fourth-order valence-corrected chi connectivity index (χ4v) is 5.81. The number of benzene rings is 1. The predicted molar refractivity (Wildman–Crippen MR) is 132 cm³/mol. The van der Waals surface area contributed by atoms with Gasteiger partial charge in [-0.15, -0.1) is 11.3 Å². The maximum atomic E-state index is 14.3. The zero-order valence-corrected chi connectivity index (χ0v) is 22.6. The Morgan fingerprint density at radius 3 is 2.36 bits per heavy atom. The number of amides is 1. The van der Waals surface area contributed by atoms with Crippen LogP contribution in [-0.2, 0) is 23.5 Å². The Hall–Kier alpha value is -2.04. The molecule has 1 amide bonds. The smallest absolute Gasteiger partial charge is 0.372 e. The molecule has 1 aromatic heterocycles. The van der Waals surface area contributed by atoms with Gasteiger partial charge in [0.15, 0.2) is 5.82 Å². The van der Waals surface area contributed by atoms with Gasteiger partial charge in [-0.25, -0.2) is 4.39 Å². The van der Waals surface area contributed by atoms with E-state index in [1.807, 2.05) is 34.6 Å². The second kappa shape index (κ2) is 9.06. The lowest BCUT2D eigenvalue weighted by atomic mass is 9.88. The number of carbonyl (C=O) groups is 1. The van der Waals surface area contributed by atoms with E-state index in [1.54, 1.807) is 4.90 Å². The SMILES string of the molecule is Cc1c(C(=O)NC(C)C(C)(C)C)sc2c1CN(C1=NOC(c3cc(Cl)c(F)c(Cl)c3)(C(F)(F)F)C1)C2. The van der Waals surface area contributed by atoms with Crippen LogP contribution in [0.15, 0.2) is 17.3 Å². The number of halogens is 6. The first kappa shape index (κ1) is 27.0. The molecule has 3 heterocycles. The molecule has 2 aromatic rings. The summed E-state index contributed by atoms with van der Waals surface area (Å²) in [5, 5.41) is 5.74. The van der Waals surface area contributed by atoms with E-state index in [0.717, 1.165) is 28.1 Å². The van der Waals surface area contributed by atoms with Crippen LogP contribution in [0.25, 0.3) is 0 Å². The Bertz CT molecular complexity index is 1230. The van der Waals surface area contributed by atoms with Crippen molar-refractivity contribution in [2.45, 2.75) is 71.9 Å². The number of thiophene rings is 1. The number of nitrogens with one attached hydrogen (secondary N) is 1. The average molecular weight is 566 g/mol. The van der Waals surface area contributed by atoms with Gasteiger partial charge in [0, 0.05) is 23.0 Å². The molecule has 5 nitrogen and oxygen atoms in total. The third-order valence-electron chi connectivity index (χ3n) is 6.88. The van der Waals surface area contributed by atoms with Crippen LogP contribution in [0.1, 0.15) is 65.4 Å². The standard InChI is InChI=1S/C24H25Cl2F4N3O2S/c1-11-14-9-33(10-17(14)36-20(11)21(34)31-12(2)22(3,4)5)18-8-23(35-32-18,24(28,29)30)13-6-15(25)19(27)16(26)7-13/h6-7,12H,8-10H2,1-5H3,(H,31,34). The number of nitrogens with zero attached hydrogens (tertiary/aromatic N) is 2. The third kappa shape index (κ3) is 4.56. The molecule has 0 bridgehead atoms. The van der Waals surface area contributed by atoms with E-state index in [2.05, 4.69) is 10.5 Å². The summed E-state index contributed by atoms with van der Waals surface area (Å²) in [5.74, 6) is -1.07. The van der Waals surface area contributed by atoms with Crippen molar-refractivity contribution in [2.24, 2.45) is 10.6 Å². The van der Waals surface area contributed by atoms with Crippen molar-refractivity contribution in [3.8, 4) is 0 Å². The first-order valence-electron chi connectivity index (χ1n) is 11.2. The fraction of sp³-hybridized carbons (Fsp3) is 0.500. The summed E-state index contributed by atoms with van der Waals surface area (Å²) >= 11 is 12.9. The molecule has 2 unspecified atom stereocenters. The Morgan fingerprint density at radius 2 is 1.83 bits per heavy atom. The minimum atomic E-state index is -4.88. The Balaban J connectivity index is 1.55. The van der Waals surface area contributed by atoms with Crippen LogP contribution in [0, 0.1) is 18.2 Å². The maximum Gasteiger partial charge on any atom is 0.435 e. The molecule has 0 radical (unpaired) electrons. The third-order valence-corrected chi connectivity index (χ3v) is 8.75.